The fourth-order valence-electron chi connectivity index (χ4n) is 4.47. The van der Waals surface area contributed by atoms with Crippen molar-refractivity contribution in [2.45, 2.75) is 25.3 Å². The zero-order valence-electron chi connectivity index (χ0n) is 15.4. The van der Waals surface area contributed by atoms with Gasteiger partial charge in [-0.05, 0) is 66.8 Å². The van der Waals surface area contributed by atoms with Gasteiger partial charge in [0.05, 0.1) is 17.4 Å². The number of halogens is 2. The highest BCUT2D eigenvalue weighted by Gasteiger charge is 2.40. The van der Waals surface area contributed by atoms with Gasteiger partial charge in [-0.2, -0.15) is 5.10 Å². The Balaban J connectivity index is 1.66. The maximum absolute atomic E-state index is 6.17. The van der Waals surface area contributed by atoms with Crippen LogP contribution in [-0.4, -0.2) is 5.71 Å². The Hall–Kier alpha value is -2.10. The highest BCUT2D eigenvalue weighted by Crippen LogP contribution is 2.45. The summed E-state index contributed by atoms with van der Waals surface area (Å²) in [5, 5.41) is 8.17. The number of hydrazone groups is 1. The summed E-state index contributed by atoms with van der Waals surface area (Å²) in [5.41, 5.74) is 6.31. The first-order chi connectivity index (χ1) is 13.7. The van der Waals surface area contributed by atoms with E-state index in [0.29, 0.717) is 5.92 Å². The van der Waals surface area contributed by atoms with E-state index in [1.54, 1.807) is 0 Å². The van der Waals surface area contributed by atoms with Gasteiger partial charge < -0.3 is 0 Å². The first-order valence-electron chi connectivity index (χ1n) is 9.68. The van der Waals surface area contributed by atoms with Gasteiger partial charge in [0.1, 0.15) is 0 Å². The van der Waals surface area contributed by atoms with Gasteiger partial charge in [-0.15, -0.1) is 0 Å². The zero-order chi connectivity index (χ0) is 19.1. The lowest BCUT2D eigenvalue weighted by Crippen LogP contribution is -2.25. The van der Waals surface area contributed by atoms with Gasteiger partial charge >= 0.3 is 0 Å². The summed E-state index contributed by atoms with van der Waals surface area (Å²) < 4.78 is 1.07. The average Bonchev–Trinajstić information content (AvgIpc) is 2.99. The minimum absolute atomic E-state index is 0.180. The molecule has 0 fully saturated rings. The molecule has 2 atom stereocenters. The number of nitrogens with zero attached hydrogens (tertiary/aromatic N) is 2. The predicted octanol–water partition coefficient (Wildman–Crippen LogP) is 7.02. The van der Waals surface area contributed by atoms with Crippen LogP contribution >= 0.6 is 27.5 Å². The van der Waals surface area contributed by atoms with Crippen LogP contribution in [-0.2, 0) is 6.42 Å². The third-order valence-corrected chi connectivity index (χ3v) is 6.55. The van der Waals surface area contributed by atoms with Gasteiger partial charge in [0.25, 0.3) is 0 Å². The van der Waals surface area contributed by atoms with Gasteiger partial charge in [0.15, 0.2) is 0 Å². The van der Waals surface area contributed by atoms with Crippen LogP contribution in [0.3, 0.4) is 0 Å². The van der Waals surface area contributed by atoms with Gasteiger partial charge in [-0.1, -0.05) is 63.9 Å². The van der Waals surface area contributed by atoms with E-state index in [9.17, 15) is 0 Å². The second-order valence-corrected chi connectivity index (χ2v) is 8.81. The Morgan fingerprint density at radius 1 is 0.929 bits per heavy atom. The van der Waals surface area contributed by atoms with E-state index >= 15 is 0 Å². The topological polar surface area (TPSA) is 15.6 Å². The predicted molar refractivity (Wildman–Crippen MR) is 120 cm³/mol. The number of anilines is 1. The molecule has 0 N–H and O–H groups in total. The molecule has 5 rings (SSSR count). The van der Waals surface area contributed by atoms with Crippen molar-refractivity contribution in [2.24, 2.45) is 11.0 Å². The molecule has 0 spiro atoms. The summed E-state index contributed by atoms with van der Waals surface area (Å²) in [7, 11) is 0. The van der Waals surface area contributed by atoms with Crippen LogP contribution < -0.4 is 5.01 Å². The molecule has 2 aliphatic rings. The van der Waals surface area contributed by atoms with Crippen molar-refractivity contribution in [2.75, 3.05) is 5.01 Å². The first-order valence-corrected chi connectivity index (χ1v) is 10.8. The van der Waals surface area contributed by atoms with Crippen molar-refractivity contribution >= 4 is 38.9 Å². The molecule has 0 amide bonds. The summed E-state index contributed by atoms with van der Waals surface area (Å²) in [4.78, 5) is 0. The molecular weight excluding hydrogens is 432 g/mol. The van der Waals surface area contributed by atoms with Crippen LogP contribution in [0.15, 0.2) is 82.4 Å². The summed E-state index contributed by atoms with van der Waals surface area (Å²) in [6, 6.07) is 25.6. The molecule has 0 saturated heterocycles. The second kappa shape index (κ2) is 7.38. The van der Waals surface area contributed by atoms with E-state index in [0.717, 1.165) is 28.0 Å². The first kappa shape index (κ1) is 18.0. The van der Waals surface area contributed by atoms with Crippen molar-refractivity contribution in [3.8, 4) is 0 Å². The van der Waals surface area contributed by atoms with Gasteiger partial charge in [-0.3, -0.25) is 5.01 Å². The third kappa shape index (κ3) is 3.17. The molecule has 0 radical (unpaired) electrons. The van der Waals surface area contributed by atoms with E-state index in [-0.39, 0.29) is 6.04 Å². The summed E-state index contributed by atoms with van der Waals surface area (Å²) >= 11 is 9.72. The lowest BCUT2D eigenvalue weighted by molar-refractivity contribution is 0.505. The Morgan fingerprint density at radius 3 is 2.46 bits per heavy atom. The van der Waals surface area contributed by atoms with E-state index in [2.05, 4.69) is 81.6 Å². The Bertz CT molecular complexity index is 1030. The molecule has 28 heavy (non-hydrogen) atoms. The SMILES string of the molecule is Clc1ccc(C2C3CCCc4ccccc4C3=NN2c2ccc(Br)cc2)cc1. The van der Waals surface area contributed by atoms with Crippen LogP contribution in [0.25, 0.3) is 0 Å². The maximum Gasteiger partial charge on any atom is 0.0860 e. The molecule has 2 unspecified atom stereocenters. The summed E-state index contributed by atoms with van der Waals surface area (Å²) in [6.07, 6.45) is 3.43. The van der Waals surface area contributed by atoms with E-state index in [1.807, 2.05) is 12.1 Å². The monoisotopic (exact) mass is 450 g/mol. The number of benzene rings is 3. The van der Waals surface area contributed by atoms with Gasteiger partial charge in [0, 0.05) is 21.0 Å². The van der Waals surface area contributed by atoms with E-state index in [4.69, 9.17) is 16.7 Å². The fraction of sp³-hybridized carbons (Fsp3) is 0.208. The molecule has 1 aliphatic carbocycles. The Morgan fingerprint density at radius 2 is 1.68 bits per heavy atom. The van der Waals surface area contributed by atoms with Crippen molar-refractivity contribution in [1.29, 1.82) is 0 Å². The molecule has 0 aromatic heterocycles. The summed E-state index contributed by atoms with van der Waals surface area (Å²) in [5.74, 6) is 0.369. The van der Waals surface area contributed by atoms with Crippen molar-refractivity contribution in [3.63, 3.8) is 0 Å². The van der Waals surface area contributed by atoms with E-state index < -0.39 is 0 Å². The minimum atomic E-state index is 0.180. The third-order valence-electron chi connectivity index (χ3n) is 5.77. The molecule has 140 valence electrons. The molecule has 2 nitrogen and oxygen atoms in total. The standard InChI is InChI=1S/C24H20BrClN2/c25-18-10-14-20(15-11-18)28-24(17-8-12-19(26)13-9-17)22-7-3-5-16-4-1-2-6-21(16)23(22)27-28/h1-2,4,6,8-15,22,24H,3,5,7H2. The lowest BCUT2D eigenvalue weighted by Gasteiger charge is -2.28. The second-order valence-electron chi connectivity index (χ2n) is 7.46. The van der Waals surface area contributed by atoms with Crippen LogP contribution in [0.4, 0.5) is 5.69 Å². The molecular formula is C24H20BrClN2. The largest absolute Gasteiger partial charge is 0.257 e. The lowest BCUT2D eigenvalue weighted by atomic mass is 9.85. The van der Waals surface area contributed by atoms with Crippen molar-refractivity contribution in [1.82, 2.24) is 0 Å². The highest BCUT2D eigenvalue weighted by molar-refractivity contribution is 9.10. The van der Waals surface area contributed by atoms with Crippen molar-refractivity contribution in [3.05, 3.63) is 99.0 Å². The Labute approximate surface area is 179 Å². The molecule has 0 saturated carbocycles. The molecule has 0 bridgehead atoms. The molecule has 3 aromatic carbocycles. The van der Waals surface area contributed by atoms with E-state index in [1.165, 1.54) is 28.8 Å². The smallest absolute Gasteiger partial charge is 0.0860 e. The average molecular weight is 452 g/mol. The van der Waals surface area contributed by atoms with Gasteiger partial charge in [0.2, 0.25) is 0 Å². The van der Waals surface area contributed by atoms with Crippen LogP contribution in [0.1, 0.15) is 35.6 Å². The highest BCUT2D eigenvalue weighted by atomic mass is 79.9. The molecule has 3 aromatic rings. The fourth-order valence-corrected chi connectivity index (χ4v) is 4.86. The number of hydrogen-bond donors (Lipinski definition) is 0. The number of fused-ring (bicyclic) bond motifs is 3. The van der Waals surface area contributed by atoms with Crippen LogP contribution in [0.2, 0.25) is 5.02 Å². The number of aryl methyl sites for hydroxylation is 1. The quantitative estimate of drug-likeness (QED) is 0.409. The molecule has 1 heterocycles. The zero-order valence-corrected chi connectivity index (χ0v) is 17.7. The number of hydrogen-bond acceptors (Lipinski definition) is 2. The minimum Gasteiger partial charge on any atom is -0.257 e. The normalized spacial score (nSPS) is 20.9. The molecule has 1 aliphatic heterocycles. The molecule has 4 heteroatoms. The van der Waals surface area contributed by atoms with Crippen LogP contribution in [0.5, 0.6) is 0 Å². The van der Waals surface area contributed by atoms with Crippen molar-refractivity contribution < 1.29 is 0 Å². The Kier molecular flexibility index (Phi) is 4.73. The summed E-state index contributed by atoms with van der Waals surface area (Å²) in [6.45, 7) is 0. The van der Waals surface area contributed by atoms with Gasteiger partial charge in [-0.25, -0.2) is 0 Å². The number of rotatable bonds is 2. The van der Waals surface area contributed by atoms with Crippen LogP contribution in [0, 0.1) is 5.92 Å². The maximum atomic E-state index is 6.17.